The van der Waals surface area contributed by atoms with Crippen molar-refractivity contribution in [2.45, 2.75) is 61.3 Å². The molecule has 0 unspecified atom stereocenters. The van der Waals surface area contributed by atoms with Crippen molar-refractivity contribution in [3.8, 4) is 6.07 Å². The van der Waals surface area contributed by atoms with Crippen LogP contribution >= 0.6 is 0 Å². The monoisotopic (exact) mass is 648 g/mol. The maximum Gasteiger partial charge on any atom is 0.407 e. The first-order valence-corrected chi connectivity index (χ1v) is 15.9. The Morgan fingerprint density at radius 2 is 1.89 bits per heavy atom. The number of aromatic amines is 1. The second kappa shape index (κ2) is 11.3. The number of alkyl halides is 3. The third-order valence-electron chi connectivity index (χ3n) is 9.03. The molecule has 17 heteroatoms. The minimum Gasteiger partial charge on any atom is -0.465 e. The number of halogens is 3. The molecule has 240 valence electrons. The highest BCUT2D eigenvalue weighted by atomic mass is 32.2. The van der Waals surface area contributed by atoms with Crippen LogP contribution in [0.15, 0.2) is 40.2 Å². The average Bonchev–Trinajstić information content (AvgIpc) is 3.48. The first-order chi connectivity index (χ1) is 21.3. The van der Waals surface area contributed by atoms with E-state index in [4.69, 9.17) is 5.10 Å². The van der Waals surface area contributed by atoms with Crippen LogP contribution in [-0.4, -0.2) is 93.4 Å². The summed E-state index contributed by atoms with van der Waals surface area (Å²) in [5.74, 6) is 0.194. The molecule has 0 saturated carbocycles. The summed E-state index contributed by atoms with van der Waals surface area (Å²) in [5, 5.41) is 27.2. The molecule has 0 spiro atoms. The molecular weight excluding hydrogens is 617 g/mol. The normalized spacial score (nSPS) is 20.6. The van der Waals surface area contributed by atoms with Gasteiger partial charge in [-0.25, -0.2) is 13.2 Å². The van der Waals surface area contributed by atoms with Crippen molar-refractivity contribution >= 4 is 38.5 Å². The first-order valence-electron chi connectivity index (χ1n) is 14.5. The molecular formula is C28H31F3N8O5S. The number of aromatic nitrogens is 3. The maximum absolute atomic E-state index is 13.4. The van der Waals surface area contributed by atoms with E-state index in [1.54, 1.807) is 22.9 Å². The van der Waals surface area contributed by atoms with Crippen LogP contribution in [0.4, 0.5) is 29.5 Å². The SMILES string of the molecule is N#CCC1(n2nc(Nc3ccc4c(c3)CN(C3CCN(CC(F)(F)F)CC3)S4(=O)=O)c3c(=O)[nH]ccc32)CCN(C(=O)O)CC1. The largest absolute Gasteiger partial charge is 0.465 e. The number of rotatable bonds is 6. The van der Waals surface area contributed by atoms with E-state index in [9.17, 15) is 41.5 Å². The molecule has 6 rings (SSSR count). The second-order valence-electron chi connectivity index (χ2n) is 11.8. The van der Waals surface area contributed by atoms with E-state index >= 15 is 0 Å². The number of nitrogens with zero attached hydrogens (tertiary/aromatic N) is 6. The van der Waals surface area contributed by atoms with Gasteiger partial charge in [0.25, 0.3) is 5.56 Å². The number of benzene rings is 1. The van der Waals surface area contributed by atoms with Crippen molar-refractivity contribution in [2.75, 3.05) is 38.0 Å². The van der Waals surface area contributed by atoms with Crippen LogP contribution in [0.3, 0.4) is 0 Å². The van der Waals surface area contributed by atoms with Crippen LogP contribution < -0.4 is 10.9 Å². The molecule has 0 radical (unpaired) electrons. The molecule has 13 nitrogen and oxygen atoms in total. The molecule has 1 aromatic carbocycles. The molecule has 0 aliphatic carbocycles. The van der Waals surface area contributed by atoms with Gasteiger partial charge in [0, 0.05) is 50.6 Å². The Morgan fingerprint density at radius 3 is 2.53 bits per heavy atom. The highest BCUT2D eigenvalue weighted by molar-refractivity contribution is 7.89. The van der Waals surface area contributed by atoms with Crippen LogP contribution in [0.25, 0.3) is 10.9 Å². The summed E-state index contributed by atoms with van der Waals surface area (Å²) in [7, 11) is -3.85. The lowest BCUT2D eigenvalue weighted by molar-refractivity contribution is -0.148. The summed E-state index contributed by atoms with van der Waals surface area (Å²) in [4.78, 5) is 29.9. The fraction of sp³-hybridized carbons (Fsp3) is 0.500. The standard InChI is InChI=1S/C28H31F3N8O5S/c29-28(30,31)17-36-11-4-20(5-12-36)38-16-18-15-19(1-2-22(18)45(38,43)44)34-24-23-21(3-10-33-25(23)40)39(35-24)27(6-9-32)7-13-37(14-8-27)26(41)42/h1-3,10,15,20H,4-8,11-14,16-17H2,(H,33,40)(H,34,35)(H,41,42). The van der Waals surface area contributed by atoms with E-state index in [1.165, 1.54) is 26.4 Å². The number of fused-ring (bicyclic) bond motifs is 2. The smallest absolute Gasteiger partial charge is 0.407 e. The van der Waals surface area contributed by atoms with E-state index in [2.05, 4.69) is 16.4 Å². The minimum absolute atomic E-state index is 0.0468. The second-order valence-corrected chi connectivity index (χ2v) is 13.6. The van der Waals surface area contributed by atoms with E-state index in [0.717, 1.165) is 0 Å². The molecule has 3 N–H and O–H groups in total. The predicted molar refractivity (Wildman–Crippen MR) is 155 cm³/mol. The van der Waals surface area contributed by atoms with E-state index in [1.807, 2.05) is 0 Å². The molecule has 2 fully saturated rings. The molecule has 3 aromatic rings. The molecule has 5 heterocycles. The lowest BCUT2D eigenvalue weighted by atomic mass is 9.85. The van der Waals surface area contributed by atoms with Gasteiger partial charge in [-0.15, -0.1) is 0 Å². The van der Waals surface area contributed by atoms with Gasteiger partial charge in [-0.05, 0) is 55.5 Å². The summed E-state index contributed by atoms with van der Waals surface area (Å²) >= 11 is 0. The van der Waals surface area contributed by atoms with Crippen molar-refractivity contribution in [1.29, 1.82) is 5.26 Å². The molecule has 2 saturated heterocycles. The Morgan fingerprint density at radius 1 is 1.18 bits per heavy atom. The summed E-state index contributed by atoms with van der Waals surface area (Å²) in [6.07, 6.45) is -2.63. The number of pyridine rings is 1. The number of nitrogens with one attached hydrogen (secondary N) is 2. The lowest BCUT2D eigenvalue weighted by Crippen LogP contribution is -2.48. The topological polar surface area (TPSA) is 168 Å². The number of hydrogen-bond acceptors (Lipinski definition) is 8. The van der Waals surface area contributed by atoms with Crippen molar-refractivity contribution in [3.05, 3.63) is 46.4 Å². The first kappa shape index (κ1) is 30.9. The van der Waals surface area contributed by atoms with Gasteiger partial charge in [-0.3, -0.25) is 14.4 Å². The van der Waals surface area contributed by atoms with Crippen molar-refractivity contribution in [2.24, 2.45) is 0 Å². The maximum atomic E-state index is 13.4. The zero-order chi connectivity index (χ0) is 32.1. The van der Waals surface area contributed by atoms with Crippen LogP contribution in [0.5, 0.6) is 0 Å². The number of anilines is 2. The molecule has 45 heavy (non-hydrogen) atoms. The minimum atomic E-state index is -4.31. The fourth-order valence-electron chi connectivity index (χ4n) is 6.74. The number of piperidine rings is 2. The number of carbonyl (C=O) groups is 1. The molecule has 3 aliphatic heterocycles. The van der Waals surface area contributed by atoms with Gasteiger partial charge in [0.2, 0.25) is 10.0 Å². The number of H-pyrrole nitrogens is 1. The summed E-state index contributed by atoms with van der Waals surface area (Å²) in [6.45, 7) is -0.273. The highest BCUT2D eigenvalue weighted by Crippen LogP contribution is 2.39. The van der Waals surface area contributed by atoms with E-state index < -0.39 is 46.0 Å². The van der Waals surface area contributed by atoms with Crippen LogP contribution in [0, 0.1) is 11.3 Å². The van der Waals surface area contributed by atoms with E-state index in [-0.39, 0.29) is 68.1 Å². The van der Waals surface area contributed by atoms with Crippen LogP contribution in [0.1, 0.15) is 37.7 Å². The number of carboxylic acid groups (broad SMARTS) is 1. The zero-order valence-electron chi connectivity index (χ0n) is 24.0. The van der Waals surface area contributed by atoms with Gasteiger partial charge < -0.3 is 20.3 Å². The fourth-order valence-corrected chi connectivity index (χ4v) is 8.60. The Labute approximate surface area is 255 Å². The summed E-state index contributed by atoms with van der Waals surface area (Å²) < 4.78 is 68.3. The number of hydrogen-bond donors (Lipinski definition) is 3. The van der Waals surface area contributed by atoms with Gasteiger partial charge in [0.05, 0.1) is 35.0 Å². The highest BCUT2D eigenvalue weighted by Gasteiger charge is 2.42. The number of nitriles is 1. The van der Waals surface area contributed by atoms with E-state index in [0.29, 0.717) is 29.6 Å². The summed E-state index contributed by atoms with van der Waals surface area (Å²) in [5.41, 5.74) is 0.164. The van der Waals surface area contributed by atoms with Crippen LogP contribution in [0.2, 0.25) is 0 Å². The van der Waals surface area contributed by atoms with Crippen LogP contribution in [-0.2, 0) is 22.1 Å². The van der Waals surface area contributed by atoms with Gasteiger partial charge in [-0.2, -0.15) is 27.8 Å². The van der Waals surface area contributed by atoms with Gasteiger partial charge in [0.15, 0.2) is 5.82 Å². The Kier molecular flexibility index (Phi) is 7.78. The Bertz CT molecular complexity index is 1830. The molecule has 1 amide bonds. The third-order valence-corrected chi connectivity index (χ3v) is 11.0. The Hall–Kier alpha value is -4.14. The van der Waals surface area contributed by atoms with Crippen molar-refractivity contribution < 1.29 is 31.5 Å². The average molecular weight is 649 g/mol. The molecule has 2 aromatic heterocycles. The molecule has 0 bridgehead atoms. The van der Waals surface area contributed by atoms with Gasteiger partial charge in [-0.1, -0.05) is 0 Å². The number of likely N-dealkylation sites (tertiary alicyclic amines) is 2. The number of sulfonamides is 1. The number of amides is 1. The zero-order valence-corrected chi connectivity index (χ0v) is 24.9. The predicted octanol–water partition coefficient (Wildman–Crippen LogP) is 3.38. The molecule has 0 atom stereocenters. The van der Waals surface area contributed by atoms with Crippen molar-refractivity contribution in [3.63, 3.8) is 0 Å². The quantitative estimate of drug-likeness (QED) is 0.363. The van der Waals surface area contributed by atoms with Gasteiger partial charge in [0.1, 0.15) is 5.39 Å². The van der Waals surface area contributed by atoms with Gasteiger partial charge >= 0.3 is 12.3 Å². The lowest BCUT2D eigenvalue weighted by Gasteiger charge is -2.40. The third kappa shape index (κ3) is 5.73. The Balaban J connectivity index is 1.27. The van der Waals surface area contributed by atoms with Crippen molar-refractivity contribution in [1.82, 2.24) is 28.9 Å². The summed E-state index contributed by atoms with van der Waals surface area (Å²) in [6, 6.07) is 8.12. The molecule has 3 aliphatic rings.